The molecule has 3 atom stereocenters. The molecule has 0 spiro atoms. The minimum Gasteiger partial charge on any atom is -0.396 e. The zero-order valence-electron chi connectivity index (χ0n) is 9.02. The molecule has 0 aromatic heterocycles. The summed E-state index contributed by atoms with van der Waals surface area (Å²) in [6.07, 6.45) is 4.95. The predicted octanol–water partition coefficient (Wildman–Crippen LogP) is 0.569. The van der Waals surface area contributed by atoms with Gasteiger partial charge in [0.15, 0.2) is 0 Å². The summed E-state index contributed by atoms with van der Waals surface area (Å²) in [5.41, 5.74) is 6.01. The van der Waals surface area contributed by atoms with Crippen LogP contribution in [0.25, 0.3) is 0 Å². The minimum absolute atomic E-state index is 0.308. The van der Waals surface area contributed by atoms with Crippen molar-refractivity contribution in [1.29, 1.82) is 0 Å². The molecule has 0 aromatic carbocycles. The van der Waals surface area contributed by atoms with Crippen molar-refractivity contribution < 1.29 is 5.11 Å². The van der Waals surface area contributed by atoms with Gasteiger partial charge in [-0.3, -0.25) is 4.90 Å². The zero-order chi connectivity index (χ0) is 10.1. The molecule has 3 N–H and O–H groups in total. The van der Waals surface area contributed by atoms with Crippen LogP contribution in [-0.2, 0) is 0 Å². The van der Waals surface area contributed by atoms with Crippen molar-refractivity contribution in [2.24, 2.45) is 11.7 Å². The molecule has 0 radical (unpaired) electrons. The summed E-state index contributed by atoms with van der Waals surface area (Å²) in [6.45, 7) is 3.48. The van der Waals surface area contributed by atoms with Gasteiger partial charge in [0.1, 0.15) is 0 Å². The van der Waals surface area contributed by atoms with Crippen LogP contribution >= 0.6 is 0 Å². The molecular weight excluding hydrogens is 176 g/mol. The van der Waals surface area contributed by atoms with E-state index in [4.69, 9.17) is 10.8 Å². The van der Waals surface area contributed by atoms with E-state index in [1.807, 2.05) is 0 Å². The second-order valence-electron chi connectivity index (χ2n) is 5.10. The first kappa shape index (κ1) is 10.4. The van der Waals surface area contributed by atoms with Gasteiger partial charge in [-0.05, 0) is 31.6 Å². The van der Waals surface area contributed by atoms with Gasteiger partial charge in [-0.25, -0.2) is 0 Å². The van der Waals surface area contributed by atoms with Gasteiger partial charge in [0.05, 0.1) is 0 Å². The SMILES string of the molecule is CC(CO)CN1C2CCC1CC(N)C2. The van der Waals surface area contributed by atoms with Crippen LogP contribution in [0.4, 0.5) is 0 Å². The topological polar surface area (TPSA) is 49.5 Å². The Bertz CT molecular complexity index is 184. The third kappa shape index (κ3) is 1.95. The van der Waals surface area contributed by atoms with E-state index in [9.17, 15) is 0 Å². The molecule has 2 aliphatic heterocycles. The quantitative estimate of drug-likeness (QED) is 0.697. The molecule has 2 aliphatic rings. The van der Waals surface area contributed by atoms with Crippen LogP contribution in [0, 0.1) is 5.92 Å². The van der Waals surface area contributed by atoms with Gasteiger partial charge in [-0.2, -0.15) is 0 Å². The molecule has 3 heteroatoms. The van der Waals surface area contributed by atoms with E-state index in [1.165, 1.54) is 12.8 Å². The van der Waals surface area contributed by atoms with Crippen molar-refractivity contribution in [2.75, 3.05) is 13.2 Å². The Kier molecular flexibility index (Phi) is 3.10. The molecule has 2 rings (SSSR count). The number of aliphatic hydroxyl groups excluding tert-OH is 1. The summed E-state index contributed by atoms with van der Waals surface area (Å²) in [5, 5.41) is 9.06. The maximum absolute atomic E-state index is 9.06. The van der Waals surface area contributed by atoms with E-state index in [0.29, 0.717) is 30.7 Å². The third-order valence-corrected chi connectivity index (χ3v) is 3.75. The molecule has 2 saturated heterocycles. The van der Waals surface area contributed by atoms with E-state index in [-0.39, 0.29) is 0 Å². The maximum Gasteiger partial charge on any atom is 0.0468 e. The summed E-state index contributed by atoms with van der Waals surface area (Å²) < 4.78 is 0. The number of hydrogen-bond acceptors (Lipinski definition) is 3. The van der Waals surface area contributed by atoms with Crippen LogP contribution < -0.4 is 5.73 Å². The monoisotopic (exact) mass is 198 g/mol. The summed E-state index contributed by atoms with van der Waals surface area (Å²) in [5.74, 6) is 0.410. The van der Waals surface area contributed by atoms with Crippen molar-refractivity contribution in [2.45, 2.75) is 50.7 Å². The highest BCUT2D eigenvalue weighted by Gasteiger charge is 2.39. The standard InChI is InChI=1S/C11H22N2O/c1-8(7-14)6-13-10-2-3-11(13)5-9(12)4-10/h8-11,14H,2-7,12H2,1H3. The smallest absolute Gasteiger partial charge is 0.0468 e. The second kappa shape index (κ2) is 4.17. The molecule has 0 amide bonds. The van der Waals surface area contributed by atoms with Gasteiger partial charge < -0.3 is 10.8 Å². The van der Waals surface area contributed by atoms with E-state index < -0.39 is 0 Å². The Labute approximate surface area is 86.3 Å². The molecule has 0 saturated carbocycles. The summed E-state index contributed by atoms with van der Waals surface area (Å²) in [7, 11) is 0. The van der Waals surface area contributed by atoms with E-state index in [2.05, 4.69) is 11.8 Å². The number of hydrogen-bond donors (Lipinski definition) is 2. The average Bonchev–Trinajstić information content (AvgIpc) is 2.41. The Morgan fingerprint density at radius 1 is 1.36 bits per heavy atom. The highest BCUT2D eigenvalue weighted by Crippen LogP contribution is 2.35. The number of nitrogens with zero attached hydrogens (tertiary/aromatic N) is 1. The maximum atomic E-state index is 9.06. The van der Waals surface area contributed by atoms with Gasteiger partial charge in [-0.15, -0.1) is 0 Å². The van der Waals surface area contributed by atoms with Crippen molar-refractivity contribution in [3.8, 4) is 0 Å². The molecule has 3 nitrogen and oxygen atoms in total. The molecule has 0 aromatic rings. The van der Waals surface area contributed by atoms with Crippen molar-refractivity contribution >= 4 is 0 Å². The minimum atomic E-state index is 0.308. The first-order valence-electron chi connectivity index (χ1n) is 5.83. The lowest BCUT2D eigenvalue weighted by Crippen LogP contribution is -2.49. The van der Waals surface area contributed by atoms with Gasteiger partial charge in [0.25, 0.3) is 0 Å². The number of aliphatic hydroxyl groups is 1. The Hall–Kier alpha value is -0.120. The lowest BCUT2D eigenvalue weighted by Gasteiger charge is -2.38. The van der Waals surface area contributed by atoms with Crippen LogP contribution in [0.1, 0.15) is 32.6 Å². The highest BCUT2D eigenvalue weighted by atomic mass is 16.3. The van der Waals surface area contributed by atoms with Crippen molar-refractivity contribution in [1.82, 2.24) is 4.90 Å². The molecule has 82 valence electrons. The van der Waals surface area contributed by atoms with Crippen molar-refractivity contribution in [3.05, 3.63) is 0 Å². The average molecular weight is 198 g/mol. The molecule has 2 heterocycles. The van der Waals surface area contributed by atoms with Crippen LogP contribution in [0.15, 0.2) is 0 Å². The molecule has 3 unspecified atom stereocenters. The Morgan fingerprint density at radius 2 is 1.93 bits per heavy atom. The number of rotatable bonds is 3. The molecule has 2 fully saturated rings. The molecule has 2 bridgehead atoms. The molecular formula is C11H22N2O. The molecule has 0 aliphatic carbocycles. The fourth-order valence-corrected chi connectivity index (χ4v) is 3.03. The number of fused-ring (bicyclic) bond motifs is 2. The lowest BCUT2D eigenvalue weighted by molar-refractivity contribution is 0.0921. The van der Waals surface area contributed by atoms with E-state index in [1.54, 1.807) is 0 Å². The van der Waals surface area contributed by atoms with Crippen LogP contribution in [0.3, 0.4) is 0 Å². The summed E-state index contributed by atoms with van der Waals surface area (Å²) in [6, 6.07) is 1.84. The lowest BCUT2D eigenvalue weighted by atomic mass is 9.97. The first-order valence-corrected chi connectivity index (χ1v) is 5.83. The predicted molar refractivity (Wildman–Crippen MR) is 57.0 cm³/mol. The van der Waals surface area contributed by atoms with E-state index in [0.717, 1.165) is 19.4 Å². The van der Waals surface area contributed by atoms with Gasteiger partial charge in [0.2, 0.25) is 0 Å². The molecule has 14 heavy (non-hydrogen) atoms. The fraction of sp³-hybridized carbons (Fsp3) is 1.00. The number of piperidine rings is 1. The normalized spacial score (nSPS) is 40.1. The van der Waals surface area contributed by atoms with Gasteiger partial charge >= 0.3 is 0 Å². The Balaban J connectivity index is 1.94. The largest absolute Gasteiger partial charge is 0.396 e. The summed E-state index contributed by atoms with van der Waals surface area (Å²) in [4.78, 5) is 2.59. The van der Waals surface area contributed by atoms with E-state index >= 15 is 0 Å². The fourth-order valence-electron chi connectivity index (χ4n) is 3.03. The van der Waals surface area contributed by atoms with Gasteiger partial charge in [0, 0.05) is 31.3 Å². The van der Waals surface area contributed by atoms with Gasteiger partial charge in [-0.1, -0.05) is 6.92 Å². The first-order chi connectivity index (χ1) is 6.70. The van der Waals surface area contributed by atoms with Crippen LogP contribution in [0.2, 0.25) is 0 Å². The van der Waals surface area contributed by atoms with Crippen LogP contribution in [-0.4, -0.2) is 41.3 Å². The number of nitrogens with two attached hydrogens (primary N) is 1. The third-order valence-electron chi connectivity index (χ3n) is 3.75. The zero-order valence-corrected chi connectivity index (χ0v) is 9.02. The Morgan fingerprint density at radius 3 is 2.43 bits per heavy atom. The van der Waals surface area contributed by atoms with Crippen LogP contribution in [0.5, 0.6) is 0 Å². The summed E-state index contributed by atoms with van der Waals surface area (Å²) >= 11 is 0. The second-order valence-corrected chi connectivity index (χ2v) is 5.10. The highest BCUT2D eigenvalue weighted by molar-refractivity contribution is 4.96. The van der Waals surface area contributed by atoms with Crippen molar-refractivity contribution in [3.63, 3.8) is 0 Å².